The number of rotatable bonds is 3. The second-order valence-electron chi connectivity index (χ2n) is 3.28. The van der Waals surface area contributed by atoms with E-state index >= 15 is 0 Å². The molecule has 0 unspecified atom stereocenters. The summed E-state index contributed by atoms with van der Waals surface area (Å²) in [6, 6.07) is 0.745. The number of nitrogens with one attached hydrogen (secondary N) is 1. The van der Waals surface area contributed by atoms with Crippen LogP contribution in [0.5, 0.6) is 0 Å². The molecule has 5 heteroatoms. The first-order valence-corrected chi connectivity index (χ1v) is 4.46. The van der Waals surface area contributed by atoms with Crippen LogP contribution in [-0.2, 0) is 4.79 Å². The van der Waals surface area contributed by atoms with Crippen molar-refractivity contribution in [1.82, 2.24) is 10.3 Å². The van der Waals surface area contributed by atoms with Crippen LogP contribution in [0.25, 0.3) is 0 Å². The van der Waals surface area contributed by atoms with E-state index in [4.69, 9.17) is 5.11 Å². The van der Waals surface area contributed by atoms with E-state index in [0.29, 0.717) is 5.56 Å². The van der Waals surface area contributed by atoms with Gasteiger partial charge in [-0.1, -0.05) is 0 Å². The molecule has 0 fully saturated rings. The number of aryl methyl sites for hydroxylation is 1. The van der Waals surface area contributed by atoms with Crippen LogP contribution in [0.15, 0.2) is 18.5 Å². The van der Waals surface area contributed by atoms with Crippen molar-refractivity contribution in [3.8, 4) is 0 Å². The van der Waals surface area contributed by atoms with Crippen molar-refractivity contribution < 1.29 is 14.7 Å². The summed E-state index contributed by atoms with van der Waals surface area (Å²) >= 11 is 0. The number of carbonyl (C=O) groups is 2. The van der Waals surface area contributed by atoms with Gasteiger partial charge in [-0.15, -0.1) is 0 Å². The van der Waals surface area contributed by atoms with Crippen molar-refractivity contribution in [3.05, 3.63) is 29.6 Å². The number of aromatic nitrogens is 1. The van der Waals surface area contributed by atoms with Crippen LogP contribution >= 0.6 is 0 Å². The monoisotopic (exact) mass is 208 g/mol. The van der Waals surface area contributed by atoms with Gasteiger partial charge in [-0.25, -0.2) is 0 Å². The zero-order valence-corrected chi connectivity index (χ0v) is 8.52. The molecule has 0 saturated heterocycles. The van der Waals surface area contributed by atoms with E-state index < -0.39 is 17.9 Å². The van der Waals surface area contributed by atoms with Crippen LogP contribution in [0.1, 0.15) is 22.8 Å². The van der Waals surface area contributed by atoms with Gasteiger partial charge in [0.1, 0.15) is 6.04 Å². The SMILES string of the molecule is Cc1cncc(C(=O)N[C@@H](C)C(=O)O)c1. The molecule has 0 radical (unpaired) electrons. The summed E-state index contributed by atoms with van der Waals surface area (Å²) < 4.78 is 0. The van der Waals surface area contributed by atoms with Crippen molar-refractivity contribution in [2.24, 2.45) is 0 Å². The predicted molar refractivity (Wildman–Crippen MR) is 53.5 cm³/mol. The minimum absolute atomic E-state index is 0.364. The quantitative estimate of drug-likeness (QED) is 0.762. The third-order valence-electron chi connectivity index (χ3n) is 1.86. The Kier molecular flexibility index (Phi) is 3.38. The molecule has 5 nitrogen and oxygen atoms in total. The Morgan fingerprint density at radius 2 is 2.13 bits per heavy atom. The lowest BCUT2D eigenvalue weighted by atomic mass is 10.2. The summed E-state index contributed by atoms with van der Waals surface area (Å²) in [7, 11) is 0. The molecule has 0 aliphatic heterocycles. The highest BCUT2D eigenvalue weighted by atomic mass is 16.4. The lowest BCUT2D eigenvalue weighted by molar-refractivity contribution is -0.138. The molecule has 1 amide bonds. The van der Waals surface area contributed by atoms with Crippen LogP contribution in [0.2, 0.25) is 0 Å². The summed E-state index contributed by atoms with van der Waals surface area (Å²) in [5.74, 6) is -1.50. The Hall–Kier alpha value is -1.91. The van der Waals surface area contributed by atoms with E-state index in [1.165, 1.54) is 13.1 Å². The molecule has 0 aliphatic rings. The van der Waals surface area contributed by atoms with Crippen LogP contribution in [0.3, 0.4) is 0 Å². The maximum atomic E-state index is 11.5. The fourth-order valence-electron chi connectivity index (χ4n) is 1.02. The van der Waals surface area contributed by atoms with Gasteiger partial charge in [0, 0.05) is 12.4 Å². The Bertz CT molecular complexity index is 390. The number of aliphatic carboxylic acids is 1. The molecule has 80 valence electrons. The topological polar surface area (TPSA) is 79.3 Å². The molecule has 15 heavy (non-hydrogen) atoms. The molecule has 1 heterocycles. The van der Waals surface area contributed by atoms with Crippen LogP contribution in [0, 0.1) is 6.92 Å². The normalized spacial score (nSPS) is 11.9. The third kappa shape index (κ3) is 3.05. The number of carboxylic acid groups (broad SMARTS) is 1. The third-order valence-corrected chi connectivity index (χ3v) is 1.86. The number of carbonyl (C=O) groups excluding carboxylic acids is 1. The van der Waals surface area contributed by atoms with E-state index in [1.54, 1.807) is 12.3 Å². The summed E-state index contributed by atoms with van der Waals surface area (Å²) in [5.41, 5.74) is 1.22. The van der Waals surface area contributed by atoms with Gasteiger partial charge in [0.25, 0.3) is 5.91 Å². The molecular formula is C10H12N2O3. The second-order valence-corrected chi connectivity index (χ2v) is 3.28. The summed E-state index contributed by atoms with van der Waals surface area (Å²) in [5, 5.41) is 10.9. The second kappa shape index (κ2) is 4.54. The molecule has 2 N–H and O–H groups in total. The zero-order chi connectivity index (χ0) is 11.4. The zero-order valence-electron chi connectivity index (χ0n) is 8.52. The van der Waals surface area contributed by atoms with Gasteiger partial charge < -0.3 is 10.4 Å². The highest BCUT2D eigenvalue weighted by Crippen LogP contribution is 2.01. The number of hydrogen-bond donors (Lipinski definition) is 2. The summed E-state index contributed by atoms with van der Waals surface area (Å²) in [4.78, 5) is 25.8. The largest absolute Gasteiger partial charge is 0.480 e. The van der Waals surface area contributed by atoms with E-state index in [2.05, 4.69) is 10.3 Å². The van der Waals surface area contributed by atoms with Gasteiger partial charge in [-0.2, -0.15) is 0 Å². The van der Waals surface area contributed by atoms with E-state index in [-0.39, 0.29) is 0 Å². The summed E-state index contributed by atoms with van der Waals surface area (Å²) in [6.07, 6.45) is 3.02. The maximum absolute atomic E-state index is 11.5. The van der Waals surface area contributed by atoms with Crippen molar-refractivity contribution in [1.29, 1.82) is 0 Å². The van der Waals surface area contributed by atoms with Crippen molar-refractivity contribution in [3.63, 3.8) is 0 Å². The first-order valence-electron chi connectivity index (χ1n) is 4.46. The molecule has 1 atom stereocenters. The molecule has 1 rings (SSSR count). The number of carboxylic acids is 1. The van der Waals surface area contributed by atoms with Crippen LogP contribution in [-0.4, -0.2) is 28.0 Å². The maximum Gasteiger partial charge on any atom is 0.325 e. The lowest BCUT2D eigenvalue weighted by Gasteiger charge is -2.08. The van der Waals surface area contributed by atoms with Gasteiger partial charge in [-0.3, -0.25) is 14.6 Å². The van der Waals surface area contributed by atoms with Crippen LogP contribution in [0.4, 0.5) is 0 Å². The molecule has 0 aliphatic carbocycles. The van der Waals surface area contributed by atoms with Gasteiger partial charge in [0.15, 0.2) is 0 Å². The number of amides is 1. The van der Waals surface area contributed by atoms with Gasteiger partial charge in [0.2, 0.25) is 0 Å². The summed E-state index contributed by atoms with van der Waals surface area (Å²) in [6.45, 7) is 3.22. The van der Waals surface area contributed by atoms with Gasteiger partial charge >= 0.3 is 5.97 Å². The minimum atomic E-state index is -1.07. The molecule has 0 saturated carbocycles. The van der Waals surface area contributed by atoms with Crippen molar-refractivity contribution >= 4 is 11.9 Å². The predicted octanol–water partition coefficient (Wildman–Crippen LogP) is 0.593. The lowest BCUT2D eigenvalue weighted by Crippen LogP contribution is -2.38. The smallest absolute Gasteiger partial charge is 0.325 e. The molecule has 1 aromatic rings. The fourth-order valence-corrected chi connectivity index (χ4v) is 1.02. The average Bonchev–Trinajstić information content (AvgIpc) is 2.17. The Balaban J connectivity index is 2.73. The fraction of sp³-hybridized carbons (Fsp3) is 0.300. The van der Waals surface area contributed by atoms with Crippen molar-refractivity contribution in [2.45, 2.75) is 19.9 Å². The first kappa shape index (κ1) is 11.2. The Labute approximate surface area is 87.1 Å². The van der Waals surface area contributed by atoms with Gasteiger partial charge in [-0.05, 0) is 25.5 Å². The first-order chi connectivity index (χ1) is 7.00. The van der Waals surface area contributed by atoms with E-state index in [0.717, 1.165) is 5.56 Å². The molecule has 0 bridgehead atoms. The van der Waals surface area contributed by atoms with E-state index in [9.17, 15) is 9.59 Å². The Morgan fingerprint density at radius 3 is 2.67 bits per heavy atom. The van der Waals surface area contributed by atoms with Crippen LogP contribution < -0.4 is 5.32 Å². The number of hydrogen-bond acceptors (Lipinski definition) is 3. The minimum Gasteiger partial charge on any atom is -0.480 e. The number of pyridine rings is 1. The highest BCUT2D eigenvalue weighted by molar-refractivity contribution is 5.96. The molecule has 0 aromatic carbocycles. The highest BCUT2D eigenvalue weighted by Gasteiger charge is 2.15. The number of nitrogens with zero attached hydrogens (tertiary/aromatic N) is 1. The van der Waals surface area contributed by atoms with Gasteiger partial charge in [0.05, 0.1) is 5.56 Å². The molecule has 1 aromatic heterocycles. The van der Waals surface area contributed by atoms with E-state index in [1.807, 2.05) is 6.92 Å². The Morgan fingerprint density at radius 1 is 1.47 bits per heavy atom. The standard InChI is InChI=1S/C10H12N2O3/c1-6-3-8(5-11-4-6)9(13)12-7(2)10(14)15/h3-5,7H,1-2H3,(H,12,13)(H,14,15)/t7-/m0/s1. The average molecular weight is 208 g/mol. The molecular weight excluding hydrogens is 196 g/mol. The molecule has 0 spiro atoms. The van der Waals surface area contributed by atoms with Crippen molar-refractivity contribution in [2.75, 3.05) is 0 Å².